The first-order valence-corrected chi connectivity index (χ1v) is 7.71. The summed E-state index contributed by atoms with van der Waals surface area (Å²) >= 11 is 1.67. The number of amides is 1. The Kier molecular flexibility index (Phi) is 5.24. The first-order chi connectivity index (χ1) is 9.68. The first-order valence-electron chi connectivity index (χ1n) is 6.66. The van der Waals surface area contributed by atoms with Crippen LogP contribution < -0.4 is 4.90 Å². The molecule has 0 aliphatic carbocycles. The number of carbonyl (C=O) groups excluding carboxylic acids is 1. The summed E-state index contributed by atoms with van der Waals surface area (Å²) in [4.78, 5) is 14.1. The minimum Gasteiger partial charge on any atom is -0.315 e. The highest BCUT2D eigenvalue weighted by atomic mass is 32.2. The Morgan fingerprint density at radius 1 is 1.05 bits per heavy atom. The van der Waals surface area contributed by atoms with Crippen LogP contribution in [0.4, 0.5) is 5.69 Å². The number of nitrogens with zero attached hydrogens (tertiary/aromatic N) is 1. The van der Waals surface area contributed by atoms with Gasteiger partial charge in [-0.25, -0.2) is 0 Å². The van der Waals surface area contributed by atoms with E-state index in [2.05, 4.69) is 12.1 Å². The summed E-state index contributed by atoms with van der Waals surface area (Å²) in [5.74, 6) is 0.994. The highest BCUT2D eigenvalue weighted by molar-refractivity contribution is 7.99. The number of rotatable bonds is 5. The van der Waals surface area contributed by atoms with Crippen LogP contribution in [0.5, 0.6) is 0 Å². The monoisotopic (exact) mass is 285 g/mol. The number of carbonyl (C=O) groups is 1. The maximum atomic E-state index is 12.4. The smallest absolute Gasteiger partial charge is 0.239 e. The molecule has 0 saturated carbocycles. The van der Waals surface area contributed by atoms with Gasteiger partial charge in [0.05, 0.1) is 5.25 Å². The molecule has 104 valence electrons. The molecule has 0 heterocycles. The van der Waals surface area contributed by atoms with Crippen molar-refractivity contribution in [2.45, 2.75) is 17.9 Å². The van der Waals surface area contributed by atoms with E-state index < -0.39 is 0 Å². The highest BCUT2D eigenvalue weighted by Gasteiger charge is 2.18. The van der Waals surface area contributed by atoms with Gasteiger partial charge < -0.3 is 4.90 Å². The molecule has 0 bridgehead atoms. The molecule has 0 aliphatic heterocycles. The Bertz CT molecular complexity index is 541. The second-order valence-corrected chi connectivity index (χ2v) is 6.00. The molecule has 0 aliphatic rings. The van der Waals surface area contributed by atoms with Gasteiger partial charge in [0, 0.05) is 18.5 Å². The summed E-state index contributed by atoms with van der Waals surface area (Å²) in [6.07, 6.45) is 0. The van der Waals surface area contributed by atoms with Gasteiger partial charge in [-0.15, -0.1) is 11.8 Å². The van der Waals surface area contributed by atoms with Crippen molar-refractivity contribution in [1.82, 2.24) is 0 Å². The van der Waals surface area contributed by atoms with Crippen molar-refractivity contribution in [3.05, 3.63) is 66.2 Å². The Hall–Kier alpha value is -1.74. The predicted molar refractivity (Wildman–Crippen MR) is 87.1 cm³/mol. The lowest BCUT2D eigenvalue weighted by atomic mass is 10.2. The molecule has 2 aromatic carbocycles. The molecule has 2 nitrogen and oxygen atoms in total. The van der Waals surface area contributed by atoms with E-state index in [1.807, 2.05) is 62.5 Å². The van der Waals surface area contributed by atoms with Crippen molar-refractivity contribution < 1.29 is 4.79 Å². The number of para-hydroxylation sites is 1. The van der Waals surface area contributed by atoms with Crippen LogP contribution in [0.25, 0.3) is 0 Å². The summed E-state index contributed by atoms with van der Waals surface area (Å²) in [5, 5.41) is -0.0552. The van der Waals surface area contributed by atoms with E-state index in [4.69, 9.17) is 0 Å². The van der Waals surface area contributed by atoms with Gasteiger partial charge in [-0.1, -0.05) is 48.5 Å². The van der Waals surface area contributed by atoms with E-state index in [-0.39, 0.29) is 11.2 Å². The van der Waals surface area contributed by atoms with Crippen molar-refractivity contribution in [3.63, 3.8) is 0 Å². The Morgan fingerprint density at radius 3 is 2.20 bits per heavy atom. The van der Waals surface area contributed by atoms with Crippen LogP contribution in [0.15, 0.2) is 60.7 Å². The molecule has 0 unspecified atom stereocenters. The molecular weight excluding hydrogens is 266 g/mol. The summed E-state index contributed by atoms with van der Waals surface area (Å²) in [7, 11) is 1.83. The molecule has 0 N–H and O–H groups in total. The predicted octanol–water partition coefficient (Wildman–Crippen LogP) is 3.97. The van der Waals surface area contributed by atoms with Crippen molar-refractivity contribution in [2.75, 3.05) is 11.9 Å². The van der Waals surface area contributed by atoms with Crippen LogP contribution in [-0.4, -0.2) is 18.2 Å². The van der Waals surface area contributed by atoms with Crippen molar-refractivity contribution in [1.29, 1.82) is 0 Å². The molecule has 1 amide bonds. The van der Waals surface area contributed by atoms with Gasteiger partial charge in [0.1, 0.15) is 0 Å². The molecule has 0 saturated heterocycles. The Balaban J connectivity index is 1.92. The SMILES string of the molecule is C[C@H](SCc1ccccc1)C(=O)N(C)c1ccccc1. The average molecular weight is 285 g/mol. The normalized spacial score (nSPS) is 11.9. The topological polar surface area (TPSA) is 20.3 Å². The lowest BCUT2D eigenvalue weighted by Crippen LogP contribution is -2.33. The molecule has 3 heteroatoms. The molecular formula is C17H19NOS. The second kappa shape index (κ2) is 7.15. The third-order valence-electron chi connectivity index (χ3n) is 3.16. The fraction of sp³-hybridized carbons (Fsp3) is 0.235. The van der Waals surface area contributed by atoms with Crippen LogP contribution in [0.1, 0.15) is 12.5 Å². The lowest BCUT2D eigenvalue weighted by molar-refractivity contribution is -0.117. The summed E-state index contributed by atoms with van der Waals surface area (Å²) < 4.78 is 0. The van der Waals surface area contributed by atoms with E-state index >= 15 is 0 Å². The Labute approximate surface area is 124 Å². The Morgan fingerprint density at radius 2 is 1.60 bits per heavy atom. The lowest BCUT2D eigenvalue weighted by Gasteiger charge is -2.21. The summed E-state index contributed by atoms with van der Waals surface area (Å²) in [6.45, 7) is 1.97. The molecule has 0 aromatic heterocycles. The van der Waals surface area contributed by atoms with Crippen LogP contribution >= 0.6 is 11.8 Å². The third kappa shape index (κ3) is 3.87. The van der Waals surface area contributed by atoms with E-state index in [0.29, 0.717) is 0 Å². The van der Waals surface area contributed by atoms with Crippen LogP contribution in [0, 0.1) is 0 Å². The number of hydrogen-bond donors (Lipinski definition) is 0. The van der Waals surface area contributed by atoms with E-state index in [1.165, 1.54) is 5.56 Å². The molecule has 2 rings (SSSR count). The van der Waals surface area contributed by atoms with Crippen molar-refractivity contribution in [3.8, 4) is 0 Å². The third-order valence-corrected chi connectivity index (χ3v) is 4.37. The van der Waals surface area contributed by atoms with Gasteiger partial charge >= 0.3 is 0 Å². The van der Waals surface area contributed by atoms with E-state index in [9.17, 15) is 4.79 Å². The number of anilines is 1. The minimum absolute atomic E-state index is 0.0552. The summed E-state index contributed by atoms with van der Waals surface area (Å²) in [6, 6.07) is 20.0. The van der Waals surface area contributed by atoms with Gasteiger partial charge in [-0.05, 0) is 24.6 Å². The molecule has 20 heavy (non-hydrogen) atoms. The van der Waals surface area contributed by atoms with Crippen molar-refractivity contribution in [2.24, 2.45) is 0 Å². The van der Waals surface area contributed by atoms with Crippen LogP contribution in [-0.2, 0) is 10.5 Å². The highest BCUT2D eigenvalue weighted by Crippen LogP contribution is 2.21. The maximum Gasteiger partial charge on any atom is 0.239 e. The quantitative estimate of drug-likeness (QED) is 0.828. The second-order valence-electron chi connectivity index (χ2n) is 4.67. The molecule has 0 spiro atoms. The van der Waals surface area contributed by atoms with E-state index in [0.717, 1.165) is 11.4 Å². The van der Waals surface area contributed by atoms with Crippen LogP contribution in [0.2, 0.25) is 0 Å². The zero-order chi connectivity index (χ0) is 14.4. The van der Waals surface area contributed by atoms with Crippen LogP contribution in [0.3, 0.4) is 0 Å². The van der Waals surface area contributed by atoms with Gasteiger partial charge in [0.25, 0.3) is 0 Å². The zero-order valence-corrected chi connectivity index (χ0v) is 12.6. The standard InChI is InChI=1S/C17H19NOS/c1-14(20-13-15-9-5-3-6-10-15)17(19)18(2)16-11-7-4-8-12-16/h3-12,14H,13H2,1-2H3/t14-/m0/s1. The zero-order valence-electron chi connectivity index (χ0n) is 11.8. The molecule has 1 atom stereocenters. The average Bonchev–Trinajstić information content (AvgIpc) is 2.53. The molecule has 2 aromatic rings. The molecule has 0 fully saturated rings. The number of hydrogen-bond acceptors (Lipinski definition) is 2. The number of thioether (sulfide) groups is 1. The molecule has 0 radical (unpaired) electrons. The van der Waals surface area contributed by atoms with Gasteiger partial charge in [0.2, 0.25) is 5.91 Å². The number of benzene rings is 2. The van der Waals surface area contributed by atoms with Gasteiger partial charge in [-0.2, -0.15) is 0 Å². The minimum atomic E-state index is -0.0552. The van der Waals surface area contributed by atoms with Crippen molar-refractivity contribution >= 4 is 23.4 Å². The maximum absolute atomic E-state index is 12.4. The largest absolute Gasteiger partial charge is 0.315 e. The van der Waals surface area contributed by atoms with E-state index in [1.54, 1.807) is 16.7 Å². The van der Waals surface area contributed by atoms with Gasteiger partial charge in [0.15, 0.2) is 0 Å². The fourth-order valence-electron chi connectivity index (χ4n) is 1.92. The van der Waals surface area contributed by atoms with Gasteiger partial charge in [-0.3, -0.25) is 4.79 Å². The fourth-order valence-corrected chi connectivity index (χ4v) is 2.85. The first kappa shape index (κ1) is 14.7. The summed E-state index contributed by atoms with van der Waals surface area (Å²) in [5.41, 5.74) is 2.18.